The maximum absolute atomic E-state index is 11.1. The first kappa shape index (κ1) is 11.6. The molecule has 92 valence electrons. The Labute approximate surface area is 97.6 Å². The molecule has 7 nitrogen and oxygen atoms in total. The lowest BCUT2D eigenvalue weighted by molar-refractivity contribution is -0.384. The van der Waals surface area contributed by atoms with Crippen LogP contribution in [-0.2, 0) is 16.4 Å². The molecule has 8 heteroatoms. The van der Waals surface area contributed by atoms with Crippen molar-refractivity contribution in [2.24, 2.45) is 0 Å². The van der Waals surface area contributed by atoms with Crippen LogP contribution in [0.4, 0.5) is 11.4 Å². The fraction of sp³-hybridized carbons (Fsp3) is 0.333. The molecule has 0 saturated carbocycles. The van der Waals surface area contributed by atoms with Gasteiger partial charge in [0.25, 0.3) is 5.69 Å². The van der Waals surface area contributed by atoms with Gasteiger partial charge < -0.3 is 4.74 Å². The number of benzene rings is 1. The lowest BCUT2D eigenvalue weighted by Gasteiger charge is -2.06. The second-order valence-electron chi connectivity index (χ2n) is 3.71. The average molecular weight is 258 g/mol. The molecule has 0 unspecified atom stereocenters. The number of nitro benzene ring substituents is 1. The van der Waals surface area contributed by atoms with Crippen LogP contribution in [0.1, 0.15) is 5.56 Å². The third-order valence-electron chi connectivity index (χ3n) is 2.30. The number of hydrogen-bond donors (Lipinski definition) is 1. The highest BCUT2D eigenvalue weighted by atomic mass is 32.2. The molecule has 1 aromatic carbocycles. The van der Waals surface area contributed by atoms with Crippen molar-refractivity contribution in [2.45, 2.75) is 6.42 Å². The van der Waals surface area contributed by atoms with Gasteiger partial charge in [-0.15, -0.1) is 0 Å². The van der Waals surface area contributed by atoms with Crippen molar-refractivity contribution in [3.63, 3.8) is 0 Å². The Kier molecular flexibility index (Phi) is 2.66. The van der Waals surface area contributed by atoms with Crippen LogP contribution in [0.3, 0.4) is 0 Å². The zero-order chi connectivity index (χ0) is 12.6. The summed E-state index contributed by atoms with van der Waals surface area (Å²) < 4.78 is 29.5. The fourth-order valence-corrected chi connectivity index (χ4v) is 2.21. The maximum atomic E-state index is 11.1. The van der Waals surface area contributed by atoms with E-state index in [1.165, 1.54) is 12.1 Å². The Morgan fingerprint density at radius 2 is 2.18 bits per heavy atom. The average Bonchev–Trinajstić information content (AvgIpc) is 2.60. The Morgan fingerprint density at radius 1 is 1.47 bits per heavy atom. The monoisotopic (exact) mass is 258 g/mol. The first-order valence-corrected chi connectivity index (χ1v) is 6.68. The van der Waals surface area contributed by atoms with Gasteiger partial charge in [0.1, 0.15) is 11.4 Å². The number of fused-ring (bicyclic) bond motifs is 1. The molecule has 0 aromatic heterocycles. The lowest BCUT2D eigenvalue weighted by atomic mass is 10.1. The third-order valence-corrected chi connectivity index (χ3v) is 2.89. The minimum atomic E-state index is -3.55. The molecule has 0 spiro atoms. The van der Waals surface area contributed by atoms with E-state index >= 15 is 0 Å². The predicted octanol–water partition coefficient (Wildman–Crippen LogP) is 0.901. The first-order chi connectivity index (χ1) is 7.87. The predicted molar refractivity (Wildman–Crippen MR) is 60.8 cm³/mol. The van der Waals surface area contributed by atoms with Crippen LogP contribution >= 0.6 is 0 Å². The van der Waals surface area contributed by atoms with Crippen LogP contribution < -0.4 is 9.46 Å². The summed E-state index contributed by atoms with van der Waals surface area (Å²) >= 11 is 0. The summed E-state index contributed by atoms with van der Waals surface area (Å²) in [5.74, 6) is 0.441. The van der Waals surface area contributed by atoms with Gasteiger partial charge in [-0.2, -0.15) is 0 Å². The molecule has 0 fully saturated rings. The number of hydrogen-bond acceptors (Lipinski definition) is 5. The quantitative estimate of drug-likeness (QED) is 0.641. The van der Waals surface area contributed by atoms with Crippen molar-refractivity contribution >= 4 is 21.4 Å². The van der Waals surface area contributed by atoms with Crippen molar-refractivity contribution in [3.05, 3.63) is 27.8 Å². The Bertz CT molecular complexity index is 581. The number of ether oxygens (including phenoxy) is 1. The van der Waals surface area contributed by atoms with E-state index in [2.05, 4.69) is 4.72 Å². The summed E-state index contributed by atoms with van der Waals surface area (Å²) in [6.45, 7) is 0.453. The van der Waals surface area contributed by atoms with Gasteiger partial charge in [-0.1, -0.05) is 0 Å². The van der Waals surface area contributed by atoms with Crippen molar-refractivity contribution in [3.8, 4) is 5.75 Å². The van der Waals surface area contributed by atoms with E-state index in [4.69, 9.17) is 4.74 Å². The second kappa shape index (κ2) is 3.88. The molecule has 0 amide bonds. The molecular weight excluding hydrogens is 248 g/mol. The van der Waals surface area contributed by atoms with Crippen LogP contribution in [0.25, 0.3) is 0 Å². The van der Waals surface area contributed by atoms with E-state index in [1.807, 2.05) is 0 Å². The van der Waals surface area contributed by atoms with E-state index in [-0.39, 0.29) is 11.4 Å². The highest BCUT2D eigenvalue weighted by molar-refractivity contribution is 7.92. The highest BCUT2D eigenvalue weighted by Crippen LogP contribution is 2.36. The molecule has 1 aliphatic rings. The van der Waals surface area contributed by atoms with Crippen molar-refractivity contribution in [2.75, 3.05) is 17.6 Å². The zero-order valence-electron chi connectivity index (χ0n) is 8.97. The molecule has 17 heavy (non-hydrogen) atoms. The number of nitrogens with one attached hydrogen (secondary N) is 1. The molecule has 1 aliphatic heterocycles. The number of rotatable bonds is 3. The smallest absolute Gasteiger partial charge is 0.297 e. The first-order valence-electron chi connectivity index (χ1n) is 4.79. The van der Waals surface area contributed by atoms with Gasteiger partial charge >= 0.3 is 0 Å². The largest absolute Gasteiger partial charge is 0.493 e. The van der Waals surface area contributed by atoms with Crippen molar-refractivity contribution in [1.82, 2.24) is 0 Å². The lowest BCUT2D eigenvalue weighted by Crippen LogP contribution is -2.11. The molecule has 0 radical (unpaired) electrons. The van der Waals surface area contributed by atoms with Gasteiger partial charge in [0.2, 0.25) is 10.0 Å². The molecule has 2 rings (SSSR count). The molecule has 1 N–H and O–H groups in total. The minimum Gasteiger partial charge on any atom is -0.493 e. The number of anilines is 1. The van der Waals surface area contributed by atoms with Gasteiger partial charge in [0.15, 0.2) is 0 Å². The van der Waals surface area contributed by atoms with Crippen LogP contribution in [0.5, 0.6) is 5.75 Å². The van der Waals surface area contributed by atoms with Gasteiger partial charge in [0.05, 0.1) is 23.9 Å². The number of nitrogens with zero attached hydrogens (tertiary/aromatic N) is 1. The van der Waals surface area contributed by atoms with Crippen LogP contribution in [-0.4, -0.2) is 26.2 Å². The van der Waals surface area contributed by atoms with E-state index in [0.717, 1.165) is 11.8 Å². The van der Waals surface area contributed by atoms with Crippen molar-refractivity contribution < 1.29 is 18.1 Å². The number of sulfonamides is 1. The van der Waals surface area contributed by atoms with Gasteiger partial charge in [-0.25, -0.2) is 8.42 Å². The molecule has 0 atom stereocenters. The summed E-state index contributed by atoms with van der Waals surface area (Å²) in [7, 11) is -3.55. The summed E-state index contributed by atoms with van der Waals surface area (Å²) in [5.41, 5.74) is 0.430. The van der Waals surface area contributed by atoms with Gasteiger partial charge in [-0.3, -0.25) is 14.8 Å². The van der Waals surface area contributed by atoms with Crippen molar-refractivity contribution in [1.29, 1.82) is 0 Å². The second-order valence-corrected chi connectivity index (χ2v) is 5.46. The summed E-state index contributed by atoms with van der Waals surface area (Å²) in [6.07, 6.45) is 1.56. The third kappa shape index (κ3) is 2.47. The Balaban J connectivity index is 2.53. The molecule has 0 bridgehead atoms. The van der Waals surface area contributed by atoms with Crippen LogP contribution in [0.15, 0.2) is 12.1 Å². The van der Waals surface area contributed by atoms with Gasteiger partial charge in [-0.05, 0) is 6.07 Å². The highest BCUT2D eigenvalue weighted by Gasteiger charge is 2.23. The molecular formula is C9H10N2O5S. The Morgan fingerprint density at radius 3 is 2.76 bits per heavy atom. The normalized spacial score (nSPS) is 13.9. The fourth-order valence-electron chi connectivity index (χ4n) is 1.65. The summed E-state index contributed by atoms with van der Waals surface area (Å²) in [5, 5.41) is 10.8. The molecule has 0 aliphatic carbocycles. The minimum absolute atomic E-state index is 0.0262. The standard InChI is InChI=1S/C9H10N2O5S/c1-17(14,15)10-7-4-6-2-3-16-9(6)5-8(7)11(12)13/h4-5,10H,2-3H2,1H3. The maximum Gasteiger partial charge on any atom is 0.297 e. The van der Waals surface area contributed by atoms with Crippen LogP contribution in [0, 0.1) is 10.1 Å². The van der Waals surface area contributed by atoms with Crippen LogP contribution in [0.2, 0.25) is 0 Å². The molecule has 1 heterocycles. The van der Waals surface area contributed by atoms with Gasteiger partial charge in [0, 0.05) is 12.0 Å². The Hall–Kier alpha value is -1.83. The van der Waals surface area contributed by atoms with E-state index in [1.54, 1.807) is 0 Å². The van der Waals surface area contributed by atoms with E-state index < -0.39 is 14.9 Å². The topological polar surface area (TPSA) is 98.5 Å². The molecule has 0 saturated heterocycles. The van der Waals surface area contributed by atoms with E-state index in [0.29, 0.717) is 18.8 Å². The summed E-state index contributed by atoms with van der Waals surface area (Å²) in [4.78, 5) is 10.2. The summed E-state index contributed by atoms with van der Waals surface area (Å²) in [6, 6.07) is 2.69. The van der Waals surface area contributed by atoms with E-state index in [9.17, 15) is 18.5 Å². The number of nitro groups is 1. The zero-order valence-corrected chi connectivity index (χ0v) is 9.78. The molecule has 1 aromatic rings. The SMILES string of the molecule is CS(=O)(=O)Nc1cc2c(cc1[N+](=O)[O-])OCC2.